The van der Waals surface area contributed by atoms with E-state index in [-0.39, 0.29) is 24.4 Å². The van der Waals surface area contributed by atoms with Crippen molar-refractivity contribution in [2.24, 2.45) is 0 Å². The molecule has 0 saturated heterocycles. The van der Waals surface area contributed by atoms with E-state index in [1.54, 1.807) is 38.1 Å². The maximum absolute atomic E-state index is 12.5. The molecular weight excluding hydrogens is 378 g/mol. The van der Waals surface area contributed by atoms with Crippen LogP contribution in [0.25, 0.3) is 0 Å². The first-order valence-corrected chi connectivity index (χ1v) is 9.36. The van der Waals surface area contributed by atoms with Crippen molar-refractivity contribution in [3.63, 3.8) is 0 Å². The minimum Gasteiger partial charge on any atom is -0.755 e. The average Bonchev–Trinajstić information content (AvgIpc) is 2.61. The normalized spacial score (nSPS) is 18.5. The van der Waals surface area contributed by atoms with E-state index in [4.69, 9.17) is 16.3 Å². The fourth-order valence-electron chi connectivity index (χ4n) is 2.63. The Morgan fingerprint density at radius 2 is 2.15 bits per heavy atom. The van der Waals surface area contributed by atoms with Crippen molar-refractivity contribution < 1.29 is 18.3 Å². The second-order valence-corrected chi connectivity index (χ2v) is 7.33. The Morgan fingerprint density at radius 1 is 1.46 bits per heavy atom. The van der Waals surface area contributed by atoms with Gasteiger partial charge in [0, 0.05) is 16.3 Å². The molecule has 0 radical (unpaired) electrons. The molecule has 138 valence electrons. The minimum absolute atomic E-state index is 0.184. The second kappa shape index (κ2) is 7.61. The van der Waals surface area contributed by atoms with Crippen molar-refractivity contribution in [1.29, 1.82) is 0 Å². The molecule has 0 aliphatic carbocycles. The number of benzene rings is 1. The number of nitrogens with one attached hydrogen (secondary N) is 1. The number of carbonyl (C=O) groups is 1. The number of aromatic nitrogens is 1. The van der Waals surface area contributed by atoms with Gasteiger partial charge in [0.2, 0.25) is 11.8 Å². The summed E-state index contributed by atoms with van der Waals surface area (Å²) in [5.41, 5.74) is 1.51. The van der Waals surface area contributed by atoms with Crippen LogP contribution in [0.3, 0.4) is 0 Å². The van der Waals surface area contributed by atoms with Gasteiger partial charge in [0.05, 0.1) is 24.3 Å². The van der Waals surface area contributed by atoms with Gasteiger partial charge in [0.1, 0.15) is 11.8 Å². The maximum Gasteiger partial charge on any atom is 0.238 e. The molecule has 1 aromatic carbocycles. The van der Waals surface area contributed by atoms with Crippen LogP contribution < -0.4 is 14.4 Å². The average molecular weight is 395 g/mol. The molecule has 1 aromatic heterocycles. The van der Waals surface area contributed by atoms with Gasteiger partial charge in [0.25, 0.3) is 0 Å². The smallest absolute Gasteiger partial charge is 0.238 e. The molecule has 1 amide bonds. The first-order chi connectivity index (χ1) is 12.3. The molecule has 3 atom stereocenters. The van der Waals surface area contributed by atoms with Crippen LogP contribution in [0.4, 0.5) is 11.4 Å². The number of rotatable bonds is 4. The summed E-state index contributed by atoms with van der Waals surface area (Å²) in [6, 6.07) is 8.56. The van der Waals surface area contributed by atoms with Gasteiger partial charge in [-0.1, -0.05) is 23.7 Å². The molecule has 2 heterocycles. The Labute approximate surface area is 158 Å². The van der Waals surface area contributed by atoms with Crippen molar-refractivity contribution in [2.45, 2.75) is 25.9 Å². The summed E-state index contributed by atoms with van der Waals surface area (Å²) in [4.78, 5) is 16.6. The van der Waals surface area contributed by atoms with Crippen LogP contribution in [-0.2, 0) is 16.1 Å². The maximum atomic E-state index is 12.5. The van der Waals surface area contributed by atoms with Gasteiger partial charge in [-0.2, -0.15) is 0 Å². The van der Waals surface area contributed by atoms with Gasteiger partial charge < -0.3 is 14.6 Å². The number of pyridine rings is 1. The summed E-state index contributed by atoms with van der Waals surface area (Å²) in [5.74, 6) is -0.435. The molecule has 0 spiro atoms. The zero-order chi connectivity index (χ0) is 18.8. The number of hydrogen-bond acceptors (Lipinski definition) is 5. The van der Waals surface area contributed by atoms with Crippen molar-refractivity contribution in [3.05, 3.63) is 47.1 Å². The zero-order valence-electron chi connectivity index (χ0n) is 14.1. The van der Waals surface area contributed by atoms with Crippen LogP contribution in [0.1, 0.15) is 25.3 Å². The van der Waals surface area contributed by atoms with E-state index >= 15 is 0 Å². The topological polar surface area (TPSA) is 94.6 Å². The van der Waals surface area contributed by atoms with Crippen LogP contribution in [0, 0.1) is 0 Å². The summed E-state index contributed by atoms with van der Waals surface area (Å²) in [6.45, 7) is 3.71. The lowest BCUT2D eigenvalue weighted by Crippen LogP contribution is -2.39. The third-order valence-corrected chi connectivity index (χ3v) is 5.01. The molecule has 3 rings (SSSR count). The van der Waals surface area contributed by atoms with Crippen LogP contribution in [0.2, 0.25) is 5.02 Å². The highest BCUT2D eigenvalue weighted by Crippen LogP contribution is 2.34. The number of hydrogen-bond donors (Lipinski definition) is 1. The molecule has 9 heteroatoms. The van der Waals surface area contributed by atoms with Crippen molar-refractivity contribution in [3.8, 4) is 5.88 Å². The van der Waals surface area contributed by atoms with E-state index < -0.39 is 17.2 Å². The van der Waals surface area contributed by atoms with Gasteiger partial charge in [0.15, 0.2) is 0 Å². The van der Waals surface area contributed by atoms with Crippen LogP contribution in [-0.4, -0.2) is 32.3 Å². The molecule has 1 aliphatic rings. The molecule has 3 unspecified atom stereocenters. The third-order valence-electron chi connectivity index (χ3n) is 4.05. The van der Waals surface area contributed by atoms with Gasteiger partial charge >= 0.3 is 0 Å². The predicted molar refractivity (Wildman–Crippen MR) is 99.1 cm³/mol. The standard InChI is InChI=1S/C17H18ClN3O4S/c1-10-9-21(26(23)24)15-7-14(8-19-17(15)25-10)20-16(22)11(2)12-3-5-13(18)6-4-12/h3-8,10-11H,9H2,1-2H3,(H,20,22)(H,23,24)/p-1. The Hall–Kier alpha value is -2.16. The van der Waals surface area contributed by atoms with Crippen molar-refractivity contribution in [2.75, 3.05) is 16.2 Å². The number of halogens is 1. The first-order valence-electron chi connectivity index (χ1n) is 7.95. The summed E-state index contributed by atoms with van der Waals surface area (Å²) in [7, 11) is 0. The SMILES string of the molecule is CC1CN(S(=O)[O-])c2cc(NC(=O)C(C)c3ccc(Cl)cc3)cnc2O1. The lowest BCUT2D eigenvalue weighted by molar-refractivity contribution is -0.117. The molecular formula is C17H17ClN3O4S-. The van der Waals surface area contributed by atoms with E-state index in [1.165, 1.54) is 12.3 Å². The molecule has 0 fully saturated rings. The fourth-order valence-corrected chi connectivity index (χ4v) is 3.38. The molecule has 0 bridgehead atoms. The van der Waals surface area contributed by atoms with E-state index in [9.17, 15) is 13.6 Å². The Bertz CT molecular complexity index is 846. The summed E-state index contributed by atoms with van der Waals surface area (Å²) in [5, 5.41) is 3.36. The largest absolute Gasteiger partial charge is 0.755 e. The minimum atomic E-state index is -2.46. The van der Waals surface area contributed by atoms with E-state index in [2.05, 4.69) is 10.3 Å². The number of ether oxygens (including phenoxy) is 1. The first kappa shape index (κ1) is 18.6. The monoisotopic (exact) mass is 394 g/mol. The Balaban J connectivity index is 1.80. The van der Waals surface area contributed by atoms with Gasteiger partial charge in [-0.25, -0.2) is 4.98 Å². The van der Waals surface area contributed by atoms with Crippen LogP contribution >= 0.6 is 11.6 Å². The predicted octanol–water partition coefficient (Wildman–Crippen LogP) is 2.86. The quantitative estimate of drug-likeness (QED) is 0.804. The lowest BCUT2D eigenvalue weighted by atomic mass is 10.0. The third kappa shape index (κ3) is 3.98. The highest BCUT2D eigenvalue weighted by Gasteiger charge is 2.26. The zero-order valence-corrected chi connectivity index (χ0v) is 15.7. The number of anilines is 2. The van der Waals surface area contributed by atoms with Crippen molar-refractivity contribution >= 4 is 40.1 Å². The van der Waals surface area contributed by atoms with Gasteiger partial charge in [-0.05, 0) is 37.6 Å². The van der Waals surface area contributed by atoms with Crippen LogP contribution in [0.15, 0.2) is 36.5 Å². The van der Waals surface area contributed by atoms with Crippen LogP contribution in [0.5, 0.6) is 5.88 Å². The number of amides is 1. The van der Waals surface area contributed by atoms with E-state index in [1.807, 2.05) is 0 Å². The van der Waals surface area contributed by atoms with Gasteiger partial charge in [-0.3, -0.25) is 13.3 Å². The Morgan fingerprint density at radius 3 is 2.81 bits per heavy atom. The number of fused-ring (bicyclic) bond motifs is 1. The number of carbonyl (C=O) groups excluding carboxylic acids is 1. The summed E-state index contributed by atoms with van der Waals surface area (Å²) < 4.78 is 29.6. The molecule has 2 aromatic rings. The summed E-state index contributed by atoms with van der Waals surface area (Å²) in [6.07, 6.45) is 1.13. The second-order valence-electron chi connectivity index (χ2n) is 6.02. The fraction of sp³-hybridized carbons (Fsp3) is 0.294. The van der Waals surface area contributed by atoms with E-state index in [0.717, 1.165) is 9.87 Å². The lowest BCUT2D eigenvalue weighted by Gasteiger charge is -2.34. The van der Waals surface area contributed by atoms with Gasteiger partial charge in [-0.15, -0.1) is 0 Å². The molecule has 1 aliphatic heterocycles. The highest BCUT2D eigenvalue weighted by molar-refractivity contribution is 7.80. The molecule has 0 saturated carbocycles. The molecule has 1 N–H and O–H groups in total. The molecule has 7 nitrogen and oxygen atoms in total. The van der Waals surface area contributed by atoms with E-state index in [0.29, 0.717) is 16.4 Å². The summed E-state index contributed by atoms with van der Waals surface area (Å²) >= 11 is 3.41. The Kier molecular flexibility index (Phi) is 5.45. The highest BCUT2D eigenvalue weighted by atomic mass is 35.5. The van der Waals surface area contributed by atoms with Crippen molar-refractivity contribution in [1.82, 2.24) is 4.98 Å². The number of nitrogens with zero attached hydrogens (tertiary/aromatic N) is 2. The molecule has 26 heavy (non-hydrogen) atoms.